The molecule has 0 aliphatic carbocycles. The van der Waals surface area contributed by atoms with E-state index in [9.17, 15) is 4.79 Å². The third kappa shape index (κ3) is 3.63. The predicted molar refractivity (Wildman–Crippen MR) is 81.0 cm³/mol. The van der Waals surface area contributed by atoms with Crippen molar-refractivity contribution in [3.8, 4) is 0 Å². The number of rotatable bonds is 6. The normalized spacial score (nSPS) is 15.2. The number of nitrogens with zero attached hydrogens (tertiary/aromatic N) is 1. The Morgan fingerprint density at radius 3 is 2.85 bits per heavy atom. The van der Waals surface area contributed by atoms with Crippen LogP contribution in [0.3, 0.4) is 0 Å². The minimum atomic E-state index is -0.362. The van der Waals surface area contributed by atoms with Gasteiger partial charge in [-0.2, -0.15) is 0 Å². The SMILES string of the molecule is COC(=O)c1cccc(N)c1NCCCN1CCCC1. The molecule has 1 heterocycles. The fraction of sp³-hybridized carbons (Fsp3) is 0.533. The number of para-hydroxylation sites is 1. The summed E-state index contributed by atoms with van der Waals surface area (Å²) in [6.07, 6.45) is 3.66. The van der Waals surface area contributed by atoms with E-state index in [1.807, 2.05) is 0 Å². The molecule has 0 bridgehead atoms. The molecule has 1 saturated heterocycles. The molecule has 0 unspecified atom stereocenters. The van der Waals surface area contributed by atoms with Crippen LogP contribution in [0.25, 0.3) is 0 Å². The second-order valence-electron chi connectivity index (χ2n) is 5.09. The summed E-state index contributed by atoms with van der Waals surface area (Å²) in [6.45, 7) is 4.31. The predicted octanol–water partition coefficient (Wildman–Crippen LogP) is 1.95. The fourth-order valence-electron chi connectivity index (χ4n) is 2.57. The Bertz CT molecular complexity index is 456. The van der Waals surface area contributed by atoms with Crippen molar-refractivity contribution >= 4 is 17.3 Å². The number of carbonyl (C=O) groups excluding carboxylic acids is 1. The first kappa shape index (κ1) is 14.7. The van der Waals surface area contributed by atoms with E-state index < -0.39 is 0 Å². The van der Waals surface area contributed by atoms with Gasteiger partial charge in [0.2, 0.25) is 0 Å². The van der Waals surface area contributed by atoms with E-state index >= 15 is 0 Å². The number of nitrogen functional groups attached to an aromatic ring is 1. The number of likely N-dealkylation sites (tertiary alicyclic amines) is 1. The lowest BCUT2D eigenvalue weighted by atomic mass is 10.1. The van der Waals surface area contributed by atoms with Crippen molar-refractivity contribution in [1.29, 1.82) is 0 Å². The van der Waals surface area contributed by atoms with Crippen LogP contribution in [0.4, 0.5) is 11.4 Å². The molecule has 1 fully saturated rings. The Hall–Kier alpha value is -1.75. The average Bonchev–Trinajstić information content (AvgIpc) is 2.97. The van der Waals surface area contributed by atoms with Gasteiger partial charge in [0.25, 0.3) is 0 Å². The van der Waals surface area contributed by atoms with Gasteiger partial charge in [-0.3, -0.25) is 0 Å². The molecule has 110 valence electrons. The Kier molecular flexibility index (Phi) is 5.24. The molecule has 0 spiro atoms. The van der Waals surface area contributed by atoms with Crippen molar-refractivity contribution in [2.45, 2.75) is 19.3 Å². The van der Waals surface area contributed by atoms with E-state index in [0.717, 1.165) is 19.5 Å². The van der Waals surface area contributed by atoms with Crippen LogP contribution >= 0.6 is 0 Å². The van der Waals surface area contributed by atoms with E-state index in [1.165, 1.54) is 33.0 Å². The molecule has 1 aliphatic rings. The molecule has 0 aromatic heterocycles. The zero-order chi connectivity index (χ0) is 14.4. The first-order valence-corrected chi connectivity index (χ1v) is 7.15. The maximum atomic E-state index is 11.7. The molecule has 3 N–H and O–H groups in total. The van der Waals surface area contributed by atoms with Gasteiger partial charge < -0.3 is 20.7 Å². The van der Waals surface area contributed by atoms with Crippen molar-refractivity contribution in [1.82, 2.24) is 4.90 Å². The molecule has 2 rings (SSSR count). The lowest BCUT2D eigenvalue weighted by Gasteiger charge is -2.16. The van der Waals surface area contributed by atoms with Gasteiger partial charge in [0.15, 0.2) is 0 Å². The summed E-state index contributed by atoms with van der Waals surface area (Å²) in [4.78, 5) is 14.2. The number of nitrogens with one attached hydrogen (secondary N) is 1. The van der Waals surface area contributed by atoms with Crippen LogP contribution < -0.4 is 11.1 Å². The molecule has 1 aromatic rings. The minimum absolute atomic E-state index is 0.362. The number of ether oxygens (including phenoxy) is 1. The molecular formula is C15H23N3O2. The van der Waals surface area contributed by atoms with Crippen molar-refractivity contribution in [3.63, 3.8) is 0 Å². The summed E-state index contributed by atoms with van der Waals surface area (Å²) in [5.41, 5.74) is 7.69. The highest BCUT2D eigenvalue weighted by Gasteiger charge is 2.14. The number of benzene rings is 1. The zero-order valence-electron chi connectivity index (χ0n) is 12.0. The minimum Gasteiger partial charge on any atom is -0.465 e. The second-order valence-corrected chi connectivity index (χ2v) is 5.09. The van der Waals surface area contributed by atoms with Crippen LogP contribution in [0, 0.1) is 0 Å². The van der Waals surface area contributed by atoms with E-state index in [-0.39, 0.29) is 5.97 Å². The molecular weight excluding hydrogens is 254 g/mol. The number of hydrogen-bond acceptors (Lipinski definition) is 5. The average molecular weight is 277 g/mol. The number of esters is 1. The van der Waals surface area contributed by atoms with Crippen LogP contribution in [0.15, 0.2) is 18.2 Å². The van der Waals surface area contributed by atoms with Gasteiger partial charge in [0, 0.05) is 6.54 Å². The molecule has 0 radical (unpaired) electrons. The summed E-state index contributed by atoms with van der Waals surface area (Å²) < 4.78 is 4.78. The highest BCUT2D eigenvalue weighted by molar-refractivity contribution is 5.98. The van der Waals surface area contributed by atoms with Gasteiger partial charge in [0.05, 0.1) is 24.0 Å². The number of carbonyl (C=O) groups is 1. The van der Waals surface area contributed by atoms with Crippen molar-refractivity contribution in [2.24, 2.45) is 0 Å². The number of methoxy groups -OCH3 is 1. The number of anilines is 2. The second kappa shape index (κ2) is 7.14. The first-order valence-electron chi connectivity index (χ1n) is 7.15. The third-order valence-electron chi connectivity index (χ3n) is 3.65. The van der Waals surface area contributed by atoms with Gasteiger partial charge in [-0.15, -0.1) is 0 Å². The van der Waals surface area contributed by atoms with Gasteiger partial charge in [-0.05, 0) is 51.0 Å². The van der Waals surface area contributed by atoms with E-state index in [4.69, 9.17) is 10.5 Å². The molecule has 0 amide bonds. The Balaban J connectivity index is 1.89. The molecule has 5 nitrogen and oxygen atoms in total. The lowest BCUT2D eigenvalue weighted by molar-refractivity contribution is 0.0602. The van der Waals surface area contributed by atoms with E-state index in [1.54, 1.807) is 18.2 Å². The number of nitrogens with two attached hydrogens (primary N) is 1. The van der Waals surface area contributed by atoms with Crippen LogP contribution in [0.5, 0.6) is 0 Å². The standard InChI is InChI=1S/C15H23N3O2/c1-20-15(19)12-6-4-7-13(16)14(12)17-8-5-11-18-9-2-3-10-18/h4,6-7,17H,2-3,5,8-11,16H2,1H3. The van der Waals surface area contributed by atoms with Crippen molar-refractivity contribution < 1.29 is 9.53 Å². The van der Waals surface area contributed by atoms with E-state index in [2.05, 4.69) is 10.2 Å². The molecule has 1 aromatic carbocycles. The van der Waals surface area contributed by atoms with Gasteiger partial charge in [-0.25, -0.2) is 4.79 Å². The molecule has 1 aliphatic heterocycles. The van der Waals surface area contributed by atoms with Gasteiger partial charge in [0.1, 0.15) is 0 Å². The zero-order valence-corrected chi connectivity index (χ0v) is 12.0. The van der Waals surface area contributed by atoms with Crippen LogP contribution in [-0.4, -0.2) is 44.2 Å². The Morgan fingerprint density at radius 2 is 2.15 bits per heavy atom. The summed E-state index contributed by atoms with van der Waals surface area (Å²) in [6, 6.07) is 5.28. The monoisotopic (exact) mass is 277 g/mol. The van der Waals surface area contributed by atoms with Crippen molar-refractivity contribution in [3.05, 3.63) is 23.8 Å². The van der Waals surface area contributed by atoms with Crippen molar-refractivity contribution in [2.75, 3.05) is 44.3 Å². The third-order valence-corrected chi connectivity index (χ3v) is 3.65. The van der Waals surface area contributed by atoms with Gasteiger partial charge in [-0.1, -0.05) is 6.07 Å². The lowest BCUT2D eigenvalue weighted by Crippen LogP contribution is -2.22. The molecule has 0 saturated carbocycles. The highest BCUT2D eigenvalue weighted by Crippen LogP contribution is 2.24. The van der Waals surface area contributed by atoms with E-state index in [0.29, 0.717) is 16.9 Å². The van der Waals surface area contributed by atoms with Crippen LogP contribution in [-0.2, 0) is 4.74 Å². The first-order chi connectivity index (χ1) is 9.72. The molecule has 5 heteroatoms. The maximum absolute atomic E-state index is 11.7. The van der Waals surface area contributed by atoms with Crippen LogP contribution in [0.1, 0.15) is 29.6 Å². The summed E-state index contributed by atoms with van der Waals surface area (Å²) in [7, 11) is 1.38. The summed E-state index contributed by atoms with van der Waals surface area (Å²) >= 11 is 0. The largest absolute Gasteiger partial charge is 0.465 e. The topological polar surface area (TPSA) is 67.6 Å². The van der Waals surface area contributed by atoms with Gasteiger partial charge >= 0.3 is 5.97 Å². The Labute approximate surface area is 120 Å². The summed E-state index contributed by atoms with van der Waals surface area (Å²) in [5, 5.41) is 3.27. The quantitative estimate of drug-likeness (QED) is 0.472. The smallest absolute Gasteiger partial charge is 0.340 e. The number of hydrogen-bond donors (Lipinski definition) is 2. The summed E-state index contributed by atoms with van der Waals surface area (Å²) in [5.74, 6) is -0.362. The molecule has 0 atom stereocenters. The molecule has 20 heavy (non-hydrogen) atoms. The van der Waals surface area contributed by atoms with Crippen LogP contribution in [0.2, 0.25) is 0 Å². The highest BCUT2D eigenvalue weighted by atomic mass is 16.5. The maximum Gasteiger partial charge on any atom is 0.340 e. The fourth-order valence-corrected chi connectivity index (χ4v) is 2.57. The Morgan fingerprint density at radius 1 is 1.40 bits per heavy atom.